The van der Waals surface area contributed by atoms with Gasteiger partial charge in [-0.25, -0.2) is 8.78 Å². The monoisotopic (exact) mass is 577 g/mol. The predicted molar refractivity (Wildman–Crippen MR) is 140 cm³/mol. The summed E-state index contributed by atoms with van der Waals surface area (Å²) in [6.07, 6.45) is 2.30. The lowest BCUT2D eigenvalue weighted by atomic mass is 10.0. The zero-order chi connectivity index (χ0) is 26.2. The summed E-state index contributed by atoms with van der Waals surface area (Å²) in [4.78, 5) is 25.3. The molecule has 0 fully saturated rings. The van der Waals surface area contributed by atoms with Crippen LogP contribution in [0.25, 0.3) is 0 Å². The number of nitrogens with zero attached hydrogens (tertiary/aromatic N) is 3. The Morgan fingerprint density at radius 3 is 2.56 bits per heavy atom. The first-order chi connectivity index (χ1) is 17.2. The molecule has 0 saturated carbocycles. The Bertz CT molecular complexity index is 1210. The highest BCUT2D eigenvalue weighted by Crippen LogP contribution is 2.28. The Morgan fingerprint density at radius 1 is 1.19 bits per heavy atom. The van der Waals surface area contributed by atoms with Gasteiger partial charge in [-0.2, -0.15) is 0 Å². The van der Waals surface area contributed by atoms with Gasteiger partial charge in [-0.05, 0) is 46.5 Å². The highest BCUT2D eigenvalue weighted by atomic mass is 79.9. The molecule has 1 heterocycles. The Kier molecular flexibility index (Phi) is 9.77. The smallest absolute Gasteiger partial charge is 0.251 e. The molecule has 3 aromatic rings. The maximum absolute atomic E-state index is 14.1. The minimum absolute atomic E-state index is 0.0935. The molecule has 2 N–H and O–H groups in total. The molecule has 0 saturated heterocycles. The zero-order valence-electron chi connectivity index (χ0n) is 19.8. The number of halogens is 3. The van der Waals surface area contributed by atoms with Crippen molar-refractivity contribution in [3.63, 3.8) is 0 Å². The summed E-state index contributed by atoms with van der Waals surface area (Å²) in [5.41, 5.74) is 0.391. The number of allylic oxidation sites excluding steroid dienone is 1. The minimum Gasteiger partial charge on any atom is -0.342 e. The molecular formula is C25H26BrF2N5O2S. The minimum atomic E-state index is -0.886. The highest BCUT2D eigenvalue weighted by Gasteiger charge is 2.25. The van der Waals surface area contributed by atoms with E-state index in [0.717, 1.165) is 17.8 Å². The van der Waals surface area contributed by atoms with Gasteiger partial charge in [0.15, 0.2) is 16.8 Å². The number of amides is 2. The molecule has 2 amide bonds. The summed E-state index contributed by atoms with van der Waals surface area (Å²) in [5, 5.41) is 14.5. The number of anilines is 1. The van der Waals surface area contributed by atoms with Crippen molar-refractivity contribution in [1.82, 2.24) is 20.1 Å². The van der Waals surface area contributed by atoms with Gasteiger partial charge < -0.3 is 15.2 Å². The summed E-state index contributed by atoms with van der Waals surface area (Å²) in [5.74, 6) is -1.67. The van der Waals surface area contributed by atoms with Crippen LogP contribution in [-0.4, -0.2) is 32.3 Å². The fraction of sp³-hybridized carbons (Fsp3) is 0.280. The van der Waals surface area contributed by atoms with Gasteiger partial charge >= 0.3 is 0 Å². The second kappa shape index (κ2) is 12.8. The number of rotatable bonds is 11. The van der Waals surface area contributed by atoms with Crippen LogP contribution < -0.4 is 10.6 Å². The van der Waals surface area contributed by atoms with E-state index in [4.69, 9.17) is 0 Å². The van der Waals surface area contributed by atoms with Gasteiger partial charge in [0.1, 0.15) is 5.82 Å². The van der Waals surface area contributed by atoms with Crippen molar-refractivity contribution in [2.75, 3.05) is 11.1 Å². The third-order valence-corrected chi connectivity index (χ3v) is 6.61. The van der Waals surface area contributed by atoms with Gasteiger partial charge in [0, 0.05) is 22.6 Å². The Hall–Kier alpha value is -3.05. The number of hydrogen-bond acceptors (Lipinski definition) is 5. The van der Waals surface area contributed by atoms with Crippen LogP contribution >= 0.6 is 27.7 Å². The fourth-order valence-corrected chi connectivity index (χ4v) is 4.73. The van der Waals surface area contributed by atoms with E-state index < -0.39 is 23.6 Å². The molecule has 0 radical (unpaired) electrons. The van der Waals surface area contributed by atoms with E-state index in [2.05, 4.69) is 43.3 Å². The molecule has 3 rings (SSSR count). The number of carbonyl (C=O) groups excluding carboxylic acids is 2. The molecule has 1 atom stereocenters. The van der Waals surface area contributed by atoms with Crippen LogP contribution in [0.3, 0.4) is 0 Å². The highest BCUT2D eigenvalue weighted by molar-refractivity contribution is 9.10. The van der Waals surface area contributed by atoms with E-state index in [9.17, 15) is 18.4 Å². The molecule has 2 aromatic carbocycles. The van der Waals surface area contributed by atoms with E-state index in [1.807, 2.05) is 19.9 Å². The first-order valence-corrected chi connectivity index (χ1v) is 12.9. The topological polar surface area (TPSA) is 88.9 Å². The normalized spacial score (nSPS) is 11.8. The fourth-order valence-electron chi connectivity index (χ4n) is 3.46. The number of hydrogen-bond donors (Lipinski definition) is 2. The lowest BCUT2D eigenvalue weighted by Gasteiger charge is -2.21. The quantitative estimate of drug-likeness (QED) is 0.223. The second-order valence-electron chi connectivity index (χ2n) is 8.34. The van der Waals surface area contributed by atoms with Crippen LogP contribution in [0.15, 0.2) is 64.7 Å². The molecule has 0 bridgehead atoms. The predicted octanol–water partition coefficient (Wildman–Crippen LogP) is 5.75. The van der Waals surface area contributed by atoms with E-state index >= 15 is 0 Å². The Balaban J connectivity index is 1.77. The summed E-state index contributed by atoms with van der Waals surface area (Å²) in [6, 6.07) is 10.2. The third-order valence-electron chi connectivity index (χ3n) is 5.02. The summed E-state index contributed by atoms with van der Waals surface area (Å²) < 4.78 is 29.3. The van der Waals surface area contributed by atoms with Crippen molar-refractivity contribution in [3.05, 3.63) is 82.6 Å². The van der Waals surface area contributed by atoms with Gasteiger partial charge in [0.25, 0.3) is 5.91 Å². The summed E-state index contributed by atoms with van der Waals surface area (Å²) in [7, 11) is 0. The van der Waals surface area contributed by atoms with Crippen molar-refractivity contribution in [2.24, 2.45) is 5.92 Å². The number of carbonyl (C=O) groups is 2. The maximum atomic E-state index is 14.1. The van der Waals surface area contributed by atoms with Crippen molar-refractivity contribution in [2.45, 2.75) is 38.0 Å². The van der Waals surface area contributed by atoms with Crippen molar-refractivity contribution in [1.29, 1.82) is 0 Å². The van der Waals surface area contributed by atoms with Crippen molar-refractivity contribution >= 4 is 45.2 Å². The molecule has 11 heteroatoms. The van der Waals surface area contributed by atoms with Gasteiger partial charge in [-0.15, -0.1) is 16.8 Å². The lowest BCUT2D eigenvalue weighted by molar-refractivity contribution is -0.113. The molecule has 1 unspecified atom stereocenters. The summed E-state index contributed by atoms with van der Waals surface area (Å²) in [6.45, 7) is 8.24. The molecule has 0 aliphatic rings. The number of nitrogens with one attached hydrogen (secondary N) is 2. The molecule has 7 nitrogen and oxygen atoms in total. The van der Waals surface area contributed by atoms with Crippen molar-refractivity contribution in [3.8, 4) is 0 Å². The van der Waals surface area contributed by atoms with Gasteiger partial charge in [-0.3, -0.25) is 9.59 Å². The van der Waals surface area contributed by atoms with Crippen LogP contribution in [0.1, 0.15) is 42.5 Å². The van der Waals surface area contributed by atoms with E-state index in [1.165, 1.54) is 0 Å². The average molecular weight is 578 g/mol. The molecule has 36 heavy (non-hydrogen) atoms. The van der Waals surface area contributed by atoms with Gasteiger partial charge in [0.2, 0.25) is 5.91 Å². The van der Waals surface area contributed by atoms with Gasteiger partial charge in [0.05, 0.1) is 17.5 Å². The standard InChI is InChI=1S/C25H26BrF2N5O2S/c1-4-10-33-23(20(11-15(2)3)29-24(35)16-8-6-5-7-9-16)31-32-25(33)36-14-21(34)30-22-18(26)12-17(27)13-19(22)28/h4-9,12-13,15,20H,1,10-11,14H2,2-3H3,(H,29,35)(H,30,34). The molecule has 190 valence electrons. The van der Waals surface area contributed by atoms with Crippen LogP contribution in [0, 0.1) is 17.6 Å². The maximum Gasteiger partial charge on any atom is 0.251 e. The van der Waals surface area contributed by atoms with Gasteiger partial charge in [-0.1, -0.05) is 49.9 Å². The van der Waals surface area contributed by atoms with Crippen LogP contribution in [0.5, 0.6) is 0 Å². The molecule has 0 aliphatic carbocycles. The molecule has 1 aromatic heterocycles. The molecular weight excluding hydrogens is 552 g/mol. The van der Waals surface area contributed by atoms with E-state index in [-0.39, 0.29) is 27.7 Å². The van der Waals surface area contributed by atoms with E-state index in [0.29, 0.717) is 35.6 Å². The molecule has 0 aliphatic heterocycles. The van der Waals surface area contributed by atoms with Crippen LogP contribution in [0.2, 0.25) is 0 Å². The Labute approximate surface area is 220 Å². The SMILES string of the molecule is C=CCn1c(SCC(=O)Nc2c(F)cc(F)cc2Br)nnc1C(CC(C)C)NC(=O)c1ccccc1. The number of aromatic nitrogens is 3. The first-order valence-electron chi connectivity index (χ1n) is 11.2. The number of benzene rings is 2. The number of thioether (sulfide) groups is 1. The van der Waals surface area contributed by atoms with E-state index in [1.54, 1.807) is 34.9 Å². The zero-order valence-corrected chi connectivity index (χ0v) is 22.2. The summed E-state index contributed by atoms with van der Waals surface area (Å²) >= 11 is 4.16. The lowest BCUT2D eigenvalue weighted by Crippen LogP contribution is -2.31. The third kappa shape index (κ3) is 7.23. The molecule has 0 spiro atoms. The largest absolute Gasteiger partial charge is 0.342 e. The second-order valence-corrected chi connectivity index (χ2v) is 10.1. The Morgan fingerprint density at radius 2 is 1.92 bits per heavy atom. The van der Waals surface area contributed by atoms with Crippen LogP contribution in [-0.2, 0) is 11.3 Å². The van der Waals surface area contributed by atoms with Crippen molar-refractivity contribution < 1.29 is 18.4 Å². The van der Waals surface area contributed by atoms with Crippen LogP contribution in [0.4, 0.5) is 14.5 Å². The average Bonchev–Trinajstić information content (AvgIpc) is 3.22. The first kappa shape index (κ1) is 27.5.